The van der Waals surface area contributed by atoms with Gasteiger partial charge < -0.3 is 9.80 Å². The predicted octanol–water partition coefficient (Wildman–Crippen LogP) is 1.21. The molecule has 6 heteroatoms. The van der Waals surface area contributed by atoms with Gasteiger partial charge in [-0.2, -0.15) is 5.10 Å². The number of hydrogen-bond donors (Lipinski definition) is 0. The Morgan fingerprint density at radius 3 is 2.95 bits per heavy atom. The van der Waals surface area contributed by atoms with E-state index in [0.717, 1.165) is 18.8 Å². The molecule has 5 nitrogen and oxygen atoms in total. The highest BCUT2D eigenvalue weighted by atomic mass is 35.5. The third kappa shape index (κ3) is 3.28. The second kappa shape index (κ2) is 5.92. The van der Waals surface area contributed by atoms with Crippen molar-refractivity contribution in [3.05, 3.63) is 21.6 Å². The minimum absolute atomic E-state index is 0.244. The first-order valence-electron chi connectivity index (χ1n) is 6.60. The Morgan fingerprint density at radius 2 is 2.26 bits per heavy atom. The van der Waals surface area contributed by atoms with E-state index in [1.165, 1.54) is 24.1 Å². The molecule has 0 aliphatic carbocycles. The largest absolute Gasteiger partial charge is 0.372 e. The molecule has 0 radical (unpaired) electrons. The summed E-state index contributed by atoms with van der Waals surface area (Å²) in [6.07, 6.45) is 4.12. The van der Waals surface area contributed by atoms with Crippen molar-refractivity contribution in [2.24, 2.45) is 13.0 Å². The molecule has 0 bridgehead atoms. The Bertz CT molecular complexity index is 502. The molecule has 1 saturated heterocycles. The lowest BCUT2D eigenvalue weighted by Crippen LogP contribution is -2.38. The van der Waals surface area contributed by atoms with Gasteiger partial charge in [0.25, 0.3) is 5.56 Å². The van der Waals surface area contributed by atoms with Crippen LogP contribution in [-0.4, -0.2) is 48.4 Å². The van der Waals surface area contributed by atoms with Gasteiger partial charge in [-0.05, 0) is 32.4 Å². The smallest absolute Gasteiger partial charge is 0.287 e. The SMILES string of the molecule is CN1CCCC(CN(C)c2cnn(C)c(=O)c2Cl)C1. The van der Waals surface area contributed by atoms with Gasteiger partial charge in [0.15, 0.2) is 0 Å². The Labute approximate surface area is 118 Å². The van der Waals surface area contributed by atoms with Crippen molar-refractivity contribution in [1.29, 1.82) is 0 Å². The van der Waals surface area contributed by atoms with Crippen molar-refractivity contribution in [3.8, 4) is 0 Å². The summed E-state index contributed by atoms with van der Waals surface area (Å²) < 4.78 is 1.26. The fourth-order valence-electron chi connectivity index (χ4n) is 2.68. The van der Waals surface area contributed by atoms with Gasteiger partial charge in [0.05, 0.1) is 11.9 Å². The minimum Gasteiger partial charge on any atom is -0.372 e. The summed E-state index contributed by atoms with van der Waals surface area (Å²) in [6, 6.07) is 0. The van der Waals surface area contributed by atoms with Crippen LogP contribution < -0.4 is 10.5 Å². The summed E-state index contributed by atoms with van der Waals surface area (Å²) in [6.45, 7) is 3.17. The molecule has 1 aromatic heterocycles. The second-order valence-electron chi connectivity index (χ2n) is 5.42. The molecule has 1 aliphatic heterocycles. The van der Waals surface area contributed by atoms with Crippen LogP contribution in [0.3, 0.4) is 0 Å². The van der Waals surface area contributed by atoms with Gasteiger partial charge in [0, 0.05) is 27.2 Å². The van der Waals surface area contributed by atoms with E-state index in [4.69, 9.17) is 11.6 Å². The second-order valence-corrected chi connectivity index (χ2v) is 5.80. The molecule has 0 spiro atoms. The summed E-state index contributed by atoms with van der Waals surface area (Å²) >= 11 is 6.11. The third-order valence-electron chi connectivity index (χ3n) is 3.73. The van der Waals surface area contributed by atoms with Crippen LogP contribution in [0.1, 0.15) is 12.8 Å². The van der Waals surface area contributed by atoms with Gasteiger partial charge in [0.2, 0.25) is 0 Å². The number of halogens is 1. The maximum atomic E-state index is 11.8. The lowest BCUT2D eigenvalue weighted by molar-refractivity contribution is 0.213. The number of anilines is 1. The van der Waals surface area contributed by atoms with Crippen molar-refractivity contribution in [2.75, 3.05) is 38.6 Å². The Morgan fingerprint density at radius 1 is 1.53 bits per heavy atom. The Hall–Kier alpha value is -1.07. The molecule has 1 aromatic rings. The first-order valence-corrected chi connectivity index (χ1v) is 6.98. The van der Waals surface area contributed by atoms with Crippen LogP contribution in [0.15, 0.2) is 11.0 Å². The molecular weight excluding hydrogens is 264 g/mol. The number of piperidine rings is 1. The molecule has 0 aromatic carbocycles. The number of likely N-dealkylation sites (tertiary alicyclic amines) is 1. The molecule has 0 amide bonds. The van der Waals surface area contributed by atoms with Gasteiger partial charge in [-0.25, -0.2) is 4.68 Å². The minimum atomic E-state index is -0.244. The Kier molecular flexibility index (Phi) is 4.47. The van der Waals surface area contributed by atoms with Crippen molar-refractivity contribution in [2.45, 2.75) is 12.8 Å². The standard InChI is InChI=1S/C13H21ClN4O/c1-16-6-4-5-10(8-16)9-17(2)11-7-15-18(3)13(19)12(11)14/h7,10H,4-6,8-9H2,1-3H3. The van der Waals surface area contributed by atoms with Crippen molar-refractivity contribution < 1.29 is 0 Å². The van der Waals surface area contributed by atoms with E-state index in [-0.39, 0.29) is 10.6 Å². The summed E-state index contributed by atoms with van der Waals surface area (Å²) in [4.78, 5) is 16.2. The molecule has 0 N–H and O–H groups in total. The monoisotopic (exact) mass is 284 g/mol. The van der Waals surface area contributed by atoms with Gasteiger partial charge >= 0.3 is 0 Å². The number of aryl methyl sites for hydroxylation is 1. The number of hydrogen-bond acceptors (Lipinski definition) is 4. The normalized spacial score (nSPS) is 20.5. The van der Waals surface area contributed by atoms with Crippen molar-refractivity contribution in [3.63, 3.8) is 0 Å². The lowest BCUT2D eigenvalue weighted by atomic mass is 9.98. The van der Waals surface area contributed by atoms with Crippen LogP contribution in [-0.2, 0) is 7.05 Å². The zero-order valence-corrected chi connectivity index (χ0v) is 12.5. The molecule has 1 fully saturated rings. The summed E-state index contributed by atoms with van der Waals surface area (Å²) in [5.74, 6) is 0.615. The molecule has 19 heavy (non-hydrogen) atoms. The molecular formula is C13H21ClN4O. The lowest BCUT2D eigenvalue weighted by Gasteiger charge is -2.33. The van der Waals surface area contributed by atoms with Gasteiger partial charge in [-0.15, -0.1) is 0 Å². The number of nitrogens with zero attached hydrogens (tertiary/aromatic N) is 4. The van der Waals surface area contributed by atoms with E-state index in [1.54, 1.807) is 13.2 Å². The molecule has 0 saturated carbocycles. The van der Waals surface area contributed by atoms with Crippen molar-refractivity contribution >= 4 is 17.3 Å². The molecule has 2 rings (SSSR count). The van der Waals surface area contributed by atoms with E-state index in [9.17, 15) is 4.79 Å². The first-order chi connectivity index (χ1) is 8.99. The highest BCUT2D eigenvalue weighted by Crippen LogP contribution is 2.23. The van der Waals surface area contributed by atoms with E-state index in [1.807, 2.05) is 11.9 Å². The zero-order valence-electron chi connectivity index (χ0n) is 11.8. The summed E-state index contributed by atoms with van der Waals surface area (Å²) in [5, 5.41) is 4.29. The van der Waals surface area contributed by atoms with Crippen LogP contribution >= 0.6 is 11.6 Å². The third-order valence-corrected chi connectivity index (χ3v) is 4.08. The van der Waals surface area contributed by atoms with E-state index >= 15 is 0 Å². The number of rotatable bonds is 3. The summed E-state index contributed by atoms with van der Waals surface area (Å²) in [5.41, 5.74) is 0.477. The van der Waals surface area contributed by atoms with Gasteiger partial charge in [0.1, 0.15) is 5.02 Å². The average molecular weight is 285 g/mol. The quantitative estimate of drug-likeness (QED) is 0.837. The number of aromatic nitrogens is 2. The van der Waals surface area contributed by atoms with Crippen LogP contribution in [0, 0.1) is 5.92 Å². The average Bonchev–Trinajstić information content (AvgIpc) is 2.36. The topological polar surface area (TPSA) is 41.4 Å². The van der Waals surface area contributed by atoms with E-state index in [0.29, 0.717) is 5.92 Å². The predicted molar refractivity (Wildman–Crippen MR) is 78.0 cm³/mol. The maximum Gasteiger partial charge on any atom is 0.287 e. The zero-order chi connectivity index (χ0) is 14.0. The fraction of sp³-hybridized carbons (Fsp3) is 0.692. The molecule has 1 unspecified atom stereocenters. The highest BCUT2D eigenvalue weighted by Gasteiger charge is 2.20. The summed E-state index contributed by atoms with van der Waals surface area (Å²) in [7, 11) is 5.73. The highest BCUT2D eigenvalue weighted by molar-refractivity contribution is 6.33. The molecule has 1 atom stereocenters. The molecule has 1 aliphatic rings. The van der Waals surface area contributed by atoms with Gasteiger partial charge in [-0.3, -0.25) is 4.79 Å². The molecule has 2 heterocycles. The first kappa shape index (κ1) is 14.3. The maximum absolute atomic E-state index is 11.8. The van der Waals surface area contributed by atoms with Gasteiger partial charge in [-0.1, -0.05) is 11.6 Å². The van der Waals surface area contributed by atoms with Crippen LogP contribution in [0.25, 0.3) is 0 Å². The van der Waals surface area contributed by atoms with Crippen LogP contribution in [0.4, 0.5) is 5.69 Å². The van der Waals surface area contributed by atoms with Crippen LogP contribution in [0.5, 0.6) is 0 Å². The van der Waals surface area contributed by atoms with E-state index < -0.39 is 0 Å². The van der Waals surface area contributed by atoms with Crippen molar-refractivity contribution in [1.82, 2.24) is 14.7 Å². The van der Waals surface area contributed by atoms with Crippen LogP contribution in [0.2, 0.25) is 5.02 Å². The fourth-order valence-corrected chi connectivity index (χ4v) is 2.99. The Balaban J connectivity index is 2.09. The van der Waals surface area contributed by atoms with E-state index in [2.05, 4.69) is 17.0 Å². The molecule has 106 valence electrons.